The number of thiazole rings is 1. The number of carboxylic acids is 1. The highest BCUT2D eigenvalue weighted by atomic mass is 35.5. The van der Waals surface area contributed by atoms with Crippen molar-refractivity contribution in [3.63, 3.8) is 0 Å². The number of hydrogen-bond acceptors (Lipinski definition) is 9. The highest BCUT2D eigenvalue weighted by Crippen LogP contribution is 2.35. The van der Waals surface area contributed by atoms with Crippen molar-refractivity contribution in [3.05, 3.63) is 44.4 Å². The number of halogens is 1. The van der Waals surface area contributed by atoms with Gasteiger partial charge in [-0.3, -0.25) is 14.5 Å². The molecule has 0 amide bonds. The molecule has 4 rings (SSSR count). The summed E-state index contributed by atoms with van der Waals surface area (Å²) in [5, 5.41) is 12.5. The molecule has 1 fully saturated rings. The fraction of sp³-hybridized carbons (Fsp3) is 0.500. The molecule has 3 aromatic heterocycles. The predicted octanol–water partition coefficient (Wildman–Crippen LogP) is 5.91. The van der Waals surface area contributed by atoms with Gasteiger partial charge >= 0.3 is 5.97 Å². The first-order valence-electron chi connectivity index (χ1n) is 12.2. The standard InChI is InChI=1S/C25H30ClN5O3S2.CH4/c1-3-7-30(4-2)14-21-24(20-10-17(26)15-35-20)29-23(36-21)11-19(32)18-12-28-22(13-27-18)31-8-5-16(6-9-31)25(33)34;/h10,12-13,15-16H,3-9,11,14H2,1-2H3,(H,33,34);1H4. The number of carbonyl (C=O) groups excluding carboxylic acids is 1. The summed E-state index contributed by atoms with van der Waals surface area (Å²) in [6.07, 6.45) is 5.50. The van der Waals surface area contributed by atoms with E-state index in [1.54, 1.807) is 28.9 Å². The third kappa shape index (κ3) is 7.34. The number of carbonyl (C=O) groups is 2. The molecule has 0 unspecified atom stereocenters. The van der Waals surface area contributed by atoms with Crippen molar-refractivity contribution >= 4 is 51.8 Å². The highest BCUT2D eigenvalue weighted by molar-refractivity contribution is 7.15. The van der Waals surface area contributed by atoms with Gasteiger partial charge in [0.2, 0.25) is 0 Å². The molecule has 1 saturated heterocycles. The summed E-state index contributed by atoms with van der Waals surface area (Å²) in [5.74, 6) is -0.514. The van der Waals surface area contributed by atoms with Crippen molar-refractivity contribution in [1.82, 2.24) is 19.9 Å². The Morgan fingerprint density at radius 2 is 1.97 bits per heavy atom. The van der Waals surface area contributed by atoms with Gasteiger partial charge in [0, 0.05) is 29.9 Å². The molecule has 1 aliphatic rings. The van der Waals surface area contributed by atoms with Gasteiger partial charge in [-0.1, -0.05) is 32.9 Å². The van der Waals surface area contributed by atoms with Gasteiger partial charge in [0.1, 0.15) is 16.5 Å². The Labute approximate surface area is 231 Å². The number of carboxylic acid groups (broad SMARTS) is 1. The summed E-state index contributed by atoms with van der Waals surface area (Å²) in [6, 6.07) is 1.93. The Morgan fingerprint density at radius 3 is 2.54 bits per heavy atom. The van der Waals surface area contributed by atoms with Crippen LogP contribution in [0.15, 0.2) is 23.8 Å². The number of ketones is 1. The van der Waals surface area contributed by atoms with Gasteiger partial charge in [0.25, 0.3) is 0 Å². The van der Waals surface area contributed by atoms with E-state index in [2.05, 4.69) is 28.7 Å². The van der Waals surface area contributed by atoms with Crippen LogP contribution in [0.25, 0.3) is 10.6 Å². The molecule has 0 saturated carbocycles. The minimum atomic E-state index is -0.745. The molecule has 0 aliphatic carbocycles. The molecule has 1 aliphatic heterocycles. The van der Waals surface area contributed by atoms with Gasteiger partial charge in [-0.2, -0.15) is 0 Å². The van der Waals surface area contributed by atoms with Crippen molar-refractivity contribution < 1.29 is 14.7 Å². The van der Waals surface area contributed by atoms with Crippen LogP contribution in [0.4, 0.5) is 5.82 Å². The number of thiophene rings is 1. The average molecular weight is 564 g/mol. The number of Topliss-reactive ketones (excluding diaryl/α,β-unsaturated/α-hetero) is 1. The topological polar surface area (TPSA) is 99.5 Å². The molecule has 0 bridgehead atoms. The van der Waals surface area contributed by atoms with Crippen LogP contribution < -0.4 is 4.90 Å². The molecule has 0 radical (unpaired) electrons. The molecule has 4 heterocycles. The highest BCUT2D eigenvalue weighted by Gasteiger charge is 2.25. The Morgan fingerprint density at radius 1 is 1.22 bits per heavy atom. The van der Waals surface area contributed by atoms with Crippen molar-refractivity contribution in [2.75, 3.05) is 31.1 Å². The lowest BCUT2D eigenvalue weighted by atomic mass is 9.97. The number of rotatable bonds is 11. The first-order valence-corrected chi connectivity index (χ1v) is 14.2. The van der Waals surface area contributed by atoms with E-state index in [9.17, 15) is 14.7 Å². The maximum Gasteiger partial charge on any atom is 0.306 e. The monoisotopic (exact) mass is 563 g/mol. The largest absolute Gasteiger partial charge is 0.481 e. The first-order chi connectivity index (χ1) is 17.4. The van der Waals surface area contributed by atoms with Gasteiger partial charge in [-0.15, -0.1) is 22.7 Å². The fourth-order valence-corrected chi connectivity index (χ4v) is 6.57. The third-order valence-corrected chi connectivity index (χ3v) is 8.63. The van der Waals surface area contributed by atoms with E-state index in [4.69, 9.17) is 16.6 Å². The SMILES string of the molecule is C.CCCN(CC)Cc1sc(CC(=O)c2cnc(N3CCC(C(=O)O)CC3)cn2)nc1-c1cc(Cl)cs1. The average Bonchev–Trinajstić information content (AvgIpc) is 3.49. The van der Waals surface area contributed by atoms with E-state index in [1.165, 1.54) is 6.20 Å². The predicted molar refractivity (Wildman–Crippen MR) is 151 cm³/mol. The Hall–Kier alpha value is -2.40. The first kappa shape index (κ1) is 29.2. The van der Waals surface area contributed by atoms with Crippen LogP contribution in [0.2, 0.25) is 5.02 Å². The third-order valence-electron chi connectivity index (χ3n) is 6.30. The number of nitrogens with zero attached hydrogens (tertiary/aromatic N) is 5. The lowest BCUT2D eigenvalue weighted by molar-refractivity contribution is -0.142. The number of piperidine rings is 1. The Kier molecular flexibility index (Phi) is 10.6. The number of aliphatic carboxylic acids is 1. The van der Waals surface area contributed by atoms with E-state index in [0.717, 1.165) is 46.5 Å². The normalized spacial score (nSPS) is 14.1. The quantitative estimate of drug-likeness (QED) is 0.287. The molecule has 200 valence electrons. The Bertz CT molecular complexity index is 1190. The molecule has 0 atom stereocenters. The van der Waals surface area contributed by atoms with Crippen LogP contribution in [0, 0.1) is 5.92 Å². The fourth-order valence-electron chi connectivity index (χ4n) is 4.29. The van der Waals surface area contributed by atoms with Gasteiger partial charge in [0.15, 0.2) is 5.78 Å². The summed E-state index contributed by atoms with van der Waals surface area (Å²) < 4.78 is 0. The van der Waals surface area contributed by atoms with E-state index >= 15 is 0 Å². The lowest BCUT2D eigenvalue weighted by Gasteiger charge is -2.30. The second kappa shape index (κ2) is 13.4. The van der Waals surface area contributed by atoms with E-state index in [1.807, 2.05) is 16.3 Å². The summed E-state index contributed by atoms with van der Waals surface area (Å²) in [7, 11) is 0. The van der Waals surface area contributed by atoms with E-state index < -0.39 is 5.97 Å². The van der Waals surface area contributed by atoms with Crippen LogP contribution in [0.1, 0.15) is 60.9 Å². The molecule has 3 aromatic rings. The van der Waals surface area contributed by atoms with Crippen LogP contribution in [0.5, 0.6) is 0 Å². The van der Waals surface area contributed by atoms with Crippen molar-refractivity contribution in [1.29, 1.82) is 0 Å². The number of aromatic nitrogens is 3. The van der Waals surface area contributed by atoms with Crippen molar-refractivity contribution in [3.8, 4) is 10.6 Å². The molecule has 37 heavy (non-hydrogen) atoms. The maximum absolute atomic E-state index is 13.0. The van der Waals surface area contributed by atoms with Crippen LogP contribution in [-0.4, -0.2) is 62.9 Å². The van der Waals surface area contributed by atoms with Gasteiger partial charge < -0.3 is 10.0 Å². The lowest BCUT2D eigenvalue weighted by Crippen LogP contribution is -2.36. The van der Waals surface area contributed by atoms with Crippen molar-refractivity contribution in [2.24, 2.45) is 5.92 Å². The van der Waals surface area contributed by atoms with Crippen LogP contribution in [-0.2, 0) is 17.8 Å². The van der Waals surface area contributed by atoms with Crippen LogP contribution >= 0.6 is 34.3 Å². The van der Waals surface area contributed by atoms with Gasteiger partial charge in [-0.05, 0) is 38.4 Å². The zero-order valence-corrected chi connectivity index (χ0v) is 22.8. The molecule has 11 heteroatoms. The van der Waals surface area contributed by atoms with Crippen LogP contribution in [0.3, 0.4) is 0 Å². The molecular weight excluding hydrogens is 530 g/mol. The molecule has 8 nitrogen and oxygen atoms in total. The second-order valence-corrected chi connectivity index (χ2v) is 11.4. The summed E-state index contributed by atoms with van der Waals surface area (Å²) in [5.41, 5.74) is 1.21. The Balaban J connectivity index is 0.00000380. The summed E-state index contributed by atoms with van der Waals surface area (Å²) in [4.78, 5) is 44.4. The summed E-state index contributed by atoms with van der Waals surface area (Å²) in [6.45, 7) is 8.29. The van der Waals surface area contributed by atoms with Gasteiger partial charge in [-0.25, -0.2) is 15.0 Å². The minimum Gasteiger partial charge on any atom is -0.481 e. The maximum atomic E-state index is 13.0. The smallest absolute Gasteiger partial charge is 0.306 e. The van der Waals surface area contributed by atoms with E-state index in [0.29, 0.717) is 42.5 Å². The second-order valence-electron chi connectivity index (χ2n) is 8.84. The summed E-state index contributed by atoms with van der Waals surface area (Å²) >= 11 is 9.31. The van der Waals surface area contributed by atoms with Gasteiger partial charge in [0.05, 0.1) is 40.3 Å². The molecule has 0 spiro atoms. The van der Waals surface area contributed by atoms with E-state index in [-0.39, 0.29) is 25.5 Å². The molecular formula is C26H34ClN5O3S2. The number of anilines is 1. The van der Waals surface area contributed by atoms with Crippen molar-refractivity contribution in [2.45, 2.75) is 53.5 Å². The molecule has 1 N–H and O–H groups in total. The molecule has 0 aromatic carbocycles. The zero-order chi connectivity index (χ0) is 25.7. The minimum absolute atomic E-state index is 0. The zero-order valence-electron chi connectivity index (χ0n) is 20.4. The number of hydrogen-bond donors (Lipinski definition) is 1.